The second-order valence-corrected chi connectivity index (χ2v) is 3.94. The van der Waals surface area contributed by atoms with Gasteiger partial charge in [-0.05, 0) is 25.3 Å². The van der Waals surface area contributed by atoms with Crippen LogP contribution in [0, 0.1) is 0 Å². The Labute approximate surface area is 73.1 Å². The van der Waals surface area contributed by atoms with E-state index in [4.69, 9.17) is 11.6 Å². The fourth-order valence-corrected chi connectivity index (χ4v) is 2.04. The maximum atomic E-state index is 9.99. The highest BCUT2D eigenvalue weighted by Crippen LogP contribution is 2.36. The number of aliphatic hydroxyl groups is 1. The predicted octanol–water partition coefficient (Wildman–Crippen LogP) is 2.48. The van der Waals surface area contributed by atoms with Crippen LogP contribution in [0.3, 0.4) is 0 Å². The summed E-state index contributed by atoms with van der Waals surface area (Å²) in [5, 5.41) is 9.85. The standard InChI is InChI=1S/C9H15ClO/c1-7(2)9(11)6-4-3-5-8(9)10/h8,11H,1,3-6H2,2H3. The molecule has 0 aliphatic heterocycles. The highest BCUT2D eigenvalue weighted by atomic mass is 35.5. The first kappa shape index (κ1) is 9.08. The Balaban J connectivity index is 2.72. The Morgan fingerprint density at radius 1 is 1.64 bits per heavy atom. The zero-order valence-corrected chi connectivity index (χ0v) is 7.69. The zero-order valence-electron chi connectivity index (χ0n) is 6.94. The summed E-state index contributed by atoms with van der Waals surface area (Å²) < 4.78 is 0. The van der Waals surface area contributed by atoms with Crippen molar-refractivity contribution in [3.05, 3.63) is 12.2 Å². The fourth-order valence-electron chi connectivity index (χ4n) is 1.59. The third kappa shape index (κ3) is 1.60. The van der Waals surface area contributed by atoms with Crippen LogP contribution in [0.25, 0.3) is 0 Å². The first-order valence-electron chi connectivity index (χ1n) is 4.10. The van der Waals surface area contributed by atoms with E-state index in [0.29, 0.717) is 0 Å². The lowest BCUT2D eigenvalue weighted by Gasteiger charge is -2.37. The molecule has 0 radical (unpaired) electrons. The van der Waals surface area contributed by atoms with Crippen molar-refractivity contribution in [1.82, 2.24) is 0 Å². The van der Waals surface area contributed by atoms with E-state index in [1.54, 1.807) is 0 Å². The van der Waals surface area contributed by atoms with E-state index in [9.17, 15) is 5.11 Å². The van der Waals surface area contributed by atoms with Gasteiger partial charge in [0.1, 0.15) is 5.60 Å². The van der Waals surface area contributed by atoms with Gasteiger partial charge in [-0.15, -0.1) is 11.6 Å². The molecule has 1 saturated carbocycles. The molecule has 1 fully saturated rings. The normalized spacial score (nSPS) is 38.6. The van der Waals surface area contributed by atoms with E-state index in [2.05, 4.69) is 6.58 Å². The minimum absolute atomic E-state index is 0.131. The summed E-state index contributed by atoms with van der Waals surface area (Å²) in [6.07, 6.45) is 3.87. The summed E-state index contributed by atoms with van der Waals surface area (Å²) in [5.41, 5.74) is 0.0111. The van der Waals surface area contributed by atoms with Gasteiger partial charge in [-0.1, -0.05) is 19.4 Å². The van der Waals surface area contributed by atoms with E-state index in [-0.39, 0.29) is 5.38 Å². The van der Waals surface area contributed by atoms with Crippen molar-refractivity contribution >= 4 is 11.6 Å². The van der Waals surface area contributed by atoms with Crippen LogP contribution < -0.4 is 0 Å². The number of hydrogen-bond donors (Lipinski definition) is 1. The Bertz CT molecular complexity index is 167. The van der Waals surface area contributed by atoms with Crippen molar-refractivity contribution in [2.75, 3.05) is 0 Å². The Morgan fingerprint density at radius 3 is 2.64 bits per heavy atom. The fraction of sp³-hybridized carbons (Fsp3) is 0.778. The molecule has 1 nitrogen and oxygen atoms in total. The van der Waals surface area contributed by atoms with Crippen molar-refractivity contribution in [1.29, 1.82) is 0 Å². The summed E-state index contributed by atoms with van der Waals surface area (Å²) in [6.45, 7) is 5.61. The van der Waals surface area contributed by atoms with Crippen molar-refractivity contribution in [3.8, 4) is 0 Å². The first-order chi connectivity index (χ1) is 5.07. The van der Waals surface area contributed by atoms with E-state index in [1.807, 2.05) is 6.92 Å². The third-order valence-corrected chi connectivity index (χ3v) is 3.10. The van der Waals surface area contributed by atoms with E-state index < -0.39 is 5.60 Å². The van der Waals surface area contributed by atoms with E-state index >= 15 is 0 Å². The monoisotopic (exact) mass is 174 g/mol. The van der Waals surface area contributed by atoms with Gasteiger partial charge in [-0.2, -0.15) is 0 Å². The number of hydrogen-bond acceptors (Lipinski definition) is 1. The summed E-state index contributed by atoms with van der Waals surface area (Å²) in [7, 11) is 0. The summed E-state index contributed by atoms with van der Waals surface area (Å²) in [5.74, 6) is 0. The molecule has 11 heavy (non-hydrogen) atoms. The summed E-state index contributed by atoms with van der Waals surface area (Å²) in [6, 6.07) is 0. The second kappa shape index (κ2) is 3.16. The topological polar surface area (TPSA) is 20.2 Å². The van der Waals surface area contributed by atoms with Crippen LogP contribution in [0.2, 0.25) is 0 Å². The zero-order chi connectivity index (χ0) is 8.48. The number of halogens is 1. The molecule has 0 bridgehead atoms. The van der Waals surface area contributed by atoms with Crippen LogP contribution in [0.5, 0.6) is 0 Å². The van der Waals surface area contributed by atoms with Crippen molar-refractivity contribution in [2.45, 2.75) is 43.6 Å². The van der Waals surface area contributed by atoms with Gasteiger partial charge in [-0.25, -0.2) is 0 Å². The molecule has 2 heteroatoms. The predicted molar refractivity (Wildman–Crippen MR) is 47.9 cm³/mol. The molecule has 0 aromatic rings. The van der Waals surface area contributed by atoms with E-state index in [1.165, 1.54) is 0 Å². The Kier molecular flexibility index (Phi) is 2.61. The second-order valence-electron chi connectivity index (χ2n) is 3.42. The van der Waals surface area contributed by atoms with Crippen molar-refractivity contribution in [3.63, 3.8) is 0 Å². The molecule has 0 spiro atoms. The van der Waals surface area contributed by atoms with Gasteiger partial charge in [0.2, 0.25) is 0 Å². The highest BCUT2D eigenvalue weighted by Gasteiger charge is 2.38. The minimum Gasteiger partial charge on any atom is -0.384 e. The smallest absolute Gasteiger partial charge is 0.101 e. The number of rotatable bonds is 1. The largest absolute Gasteiger partial charge is 0.384 e. The Hall–Kier alpha value is -0.0100. The quantitative estimate of drug-likeness (QED) is 0.479. The van der Waals surface area contributed by atoms with Crippen molar-refractivity contribution < 1.29 is 5.11 Å². The maximum Gasteiger partial charge on any atom is 0.101 e. The molecule has 2 unspecified atom stereocenters. The lowest BCUT2D eigenvalue weighted by molar-refractivity contribution is 0.0444. The molecule has 1 aliphatic carbocycles. The molecule has 2 atom stereocenters. The SMILES string of the molecule is C=C(C)C1(O)CCCCC1Cl. The lowest BCUT2D eigenvalue weighted by atomic mass is 9.80. The van der Waals surface area contributed by atoms with Crippen LogP contribution in [0.4, 0.5) is 0 Å². The molecule has 0 aromatic carbocycles. The van der Waals surface area contributed by atoms with Crippen LogP contribution in [0.1, 0.15) is 32.6 Å². The van der Waals surface area contributed by atoms with Crippen LogP contribution in [0.15, 0.2) is 12.2 Å². The average Bonchev–Trinajstić information content (AvgIpc) is 1.95. The molecule has 0 aromatic heterocycles. The maximum absolute atomic E-state index is 9.99. The molecule has 0 amide bonds. The Morgan fingerprint density at radius 2 is 2.27 bits per heavy atom. The van der Waals surface area contributed by atoms with Gasteiger partial charge in [0.05, 0.1) is 5.38 Å². The van der Waals surface area contributed by atoms with Crippen LogP contribution in [-0.4, -0.2) is 16.1 Å². The first-order valence-corrected chi connectivity index (χ1v) is 4.53. The summed E-state index contributed by atoms with van der Waals surface area (Å²) in [4.78, 5) is 0. The van der Waals surface area contributed by atoms with Gasteiger partial charge in [0.25, 0.3) is 0 Å². The molecule has 0 saturated heterocycles. The van der Waals surface area contributed by atoms with Gasteiger partial charge < -0.3 is 5.11 Å². The molecule has 64 valence electrons. The average molecular weight is 175 g/mol. The molecule has 0 heterocycles. The van der Waals surface area contributed by atoms with Gasteiger partial charge >= 0.3 is 0 Å². The molecule has 1 aliphatic rings. The molecule has 1 N–H and O–H groups in total. The van der Waals surface area contributed by atoms with Gasteiger partial charge in [0.15, 0.2) is 0 Å². The highest BCUT2D eigenvalue weighted by molar-refractivity contribution is 6.21. The van der Waals surface area contributed by atoms with Crippen molar-refractivity contribution in [2.24, 2.45) is 0 Å². The number of alkyl halides is 1. The van der Waals surface area contributed by atoms with E-state index in [0.717, 1.165) is 31.3 Å². The van der Waals surface area contributed by atoms with Crippen LogP contribution >= 0.6 is 11.6 Å². The lowest BCUT2D eigenvalue weighted by Crippen LogP contribution is -2.42. The van der Waals surface area contributed by atoms with Gasteiger partial charge in [0, 0.05) is 0 Å². The summed E-state index contributed by atoms with van der Waals surface area (Å²) >= 11 is 6.01. The minimum atomic E-state index is -0.792. The molecule has 1 rings (SSSR count). The van der Waals surface area contributed by atoms with Crippen LogP contribution in [-0.2, 0) is 0 Å². The molecular formula is C9H15ClO. The third-order valence-electron chi connectivity index (χ3n) is 2.52. The molecular weight excluding hydrogens is 160 g/mol. The van der Waals surface area contributed by atoms with Gasteiger partial charge in [-0.3, -0.25) is 0 Å².